The first kappa shape index (κ1) is 13.7. The second-order valence-electron chi connectivity index (χ2n) is 5.40. The first-order valence-electron chi connectivity index (χ1n) is 7.13. The molecule has 2 aliphatic heterocycles. The van der Waals surface area contributed by atoms with Crippen molar-refractivity contribution in [2.24, 2.45) is 0 Å². The molecule has 0 aromatic heterocycles. The van der Waals surface area contributed by atoms with Gasteiger partial charge in [0.15, 0.2) is 0 Å². The molecule has 2 atom stereocenters. The van der Waals surface area contributed by atoms with E-state index in [1.165, 1.54) is 4.90 Å². The van der Waals surface area contributed by atoms with Crippen molar-refractivity contribution in [1.29, 1.82) is 0 Å². The number of likely N-dealkylation sites (tertiary alicyclic amines) is 1. The molecule has 3 rings (SSSR count). The molecule has 0 spiro atoms. The van der Waals surface area contributed by atoms with Crippen LogP contribution in [0.4, 0.5) is 10.5 Å². The molecule has 2 bridgehead atoms. The van der Waals surface area contributed by atoms with Gasteiger partial charge in [-0.3, -0.25) is 0 Å². The highest BCUT2D eigenvalue weighted by Crippen LogP contribution is 2.34. The lowest BCUT2D eigenvalue weighted by atomic mass is 10.1. The summed E-state index contributed by atoms with van der Waals surface area (Å²) >= 11 is 0. The molecule has 2 aliphatic rings. The van der Waals surface area contributed by atoms with Crippen molar-refractivity contribution in [1.82, 2.24) is 4.90 Å². The Labute approximate surface area is 122 Å². The van der Waals surface area contributed by atoms with Gasteiger partial charge >= 0.3 is 12.1 Å². The maximum atomic E-state index is 11.6. The van der Waals surface area contributed by atoms with Crippen molar-refractivity contribution >= 4 is 17.7 Å². The van der Waals surface area contributed by atoms with Crippen LogP contribution < -0.4 is 4.90 Å². The van der Waals surface area contributed by atoms with Crippen molar-refractivity contribution in [2.75, 3.05) is 24.6 Å². The van der Waals surface area contributed by atoms with Crippen LogP contribution in [0.3, 0.4) is 0 Å². The number of benzene rings is 1. The number of esters is 1. The average Bonchev–Trinajstić information content (AvgIpc) is 3.08. The monoisotopic (exact) mass is 290 g/mol. The Balaban J connectivity index is 1.70. The van der Waals surface area contributed by atoms with Crippen molar-refractivity contribution < 1.29 is 19.4 Å². The summed E-state index contributed by atoms with van der Waals surface area (Å²) in [5, 5.41) is 9.10. The van der Waals surface area contributed by atoms with E-state index in [9.17, 15) is 9.59 Å². The molecular weight excluding hydrogens is 272 g/mol. The number of nitrogens with zero attached hydrogens (tertiary/aromatic N) is 2. The highest BCUT2D eigenvalue weighted by Gasteiger charge is 2.45. The van der Waals surface area contributed by atoms with Gasteiger partial charge in [0, 0.05) is 24.8 Å². The Morgan fingerprint density at radius 1 is 1.24 bits per heavy atom. The van der Waals surface area contributed by atoms with E-state index in [4.69, 9.17) is 9.84 Å². The molecule has 1 aromatic carbocycles. The van der Waals surface area contributed by atoms with E-state index < -0.39 is 6.09 Å². The molecule has 0 aliphatic carbocycles. The fraction of sp³-hybridized carbons (Fsp3) is 0.467. The van der Waals surface area contributed by atoms with Crippen LogP contribution in [0.2, 0.25) is 0 Å². The summed E-state index contributed by atoms with van der Waals surface area (Å²) in [5.74, 6) is -0.316. The van der Waals surface area contributed by atoms with Crippen LogP contribution in [0.15, 0.2) is 24.3 Å². The van der Waals surface area contributed by atoms with Crippen LogP contribution in [-0.2, 0) is 4.74 Å². The lowest BCUT2D eigenvalue weighted by Gasteiger charge is -2.34. The number of fused-ring (bicyclic) bond motifs is 2. The number of carboxylic acid groups (broad SMARTS) is 1. The van der Waals surface area contributed by atoms with Gasteiger partial charge in [0.1, 0.15) is 0 Å². The van der Waals surface area contributed by atoms with Gasteiger partial charge in [0.2, 0.25) is 0 Å². The molecule has 0 radical (unpaired) electrons. The molecule has 2 heterocycles. The number of amides is 1. The molecule has 2 fully saturated rings. The minimum Gasteiger partial charge on any atom is -0.465 e. The predicted molar refractivity (Wildman–Crippen MR) is 76.7 cm³/mol. The molecule has 1 N–H and O–H groups in total. The largest absolute Gasteiger partial charge is 0.465 e. The van der Waals surface area contributed by atoms with Gasteiger partial charge in [-0.2, -0.15) is 0 Å². The van der Waals surface area contributed by atoms with Gasteiger partial charge in [0.25, 0.3) is 0 Å². The van der Waals surface area contributed by atoms with Crippen LogP contribution in [0.1, 0.15) is 23.7 Å². The Bertz CT molecular complexity index is 557. The Hall–Kier alpha value is -2.24. The summed E-state index contributed by atoms with van der Waals surface area (Å²) in [6.45, 7) is 3.41. The third kappa shape index (κ3) is 2.41. The highest BCUT2D eigenvalue weighted by molar-refractivity contribution is 5.89. The van der Waals surface area contributed by atoms with Gasteiger partial charge in [-0.1, -0.05) is 0 Å². The van der Waals surface area contributed by atoms with Crippen LogP contribution >= 0.6 is 0 Å². The molecular formula is C15H18N2O4. The quantitative estimate of drug-likeness (QED) is 0.860. The molecule has 6 nitrogen and oxygen atoms in total. The maximum absolute atomic E-state index is 11.6. The Morgan fingerprint density at radius 3 is 2.48 bits per heavy atom. The van der Waals surface area contributed by atoms with Crippen molar-refractivity contribution in [3.8, 4) is 0 Å². The van der Waals surface area contributed by atoms with E-state index in [0.29, 0.717) is 18.7 Å². The van der Waals surface area contributed by atoms with Crippen LogP contribution in [0.5, 0.6) is 0 Å². The van der Waals surface area contributed by atoms with E-state index in [1.807, 2.05) is 12.1 Å². The summed E-state index contributed by atoms with van der Waals surface area (Å²) < 4.78 is 4.96. The van der Waals surface area contributed by atoms with Gasteiger partial charge < -0.3 is 19.6 Å². The minimum atomic E-state index is -0.834. The molecule has 0 unspecified atom stereocenters. The molecule has 1 aromatic rings. The Morgan fingerprint density at radius 2 is 1.95 bits per heavy atom. The van der Waals surface area contributed by atoms with Crippen LogP contribution in [-0.4, -0.2) is 53.8 Å². The first-order valence-corrected chi connectivity index (χ1v) is 7.13. The van der Waals surface area contributed by atoms with Gasteiger partial charge in [-0.15, -0.1) is 0 Å². The molecule has 112 valence electrons. The second-order valence-corrected chi connectivity index (χ2v) is 5.40. The zero-order valence-corrected chi connectivity index (χ0v) is 11.9. The number of ether oxygens (including phenoxy) is 1. The lowest BCUT2D eigenvalue weighted by Crippen LogP contribution is -2.48. The molecule has 21 heavy (non-hydrogen) atoms. The normalized spacial score (nSPS) is 23.5. The number of rotatable bonds is 3. The number of carbonyl (C=O) groups excluding carboxylic acids is 1. The van der Waals surface area contributed by atoms with Crippen molar-refractivity contribution in [3.63, 3.8) is 0 Å². The fourth-order valence-corrected chi connectivity index (χ4v) is 3.22. The summed E-state index contributed by atoms with van der Waals surface area (Å²) in [7, 11) is 0. The van der Waals surface area contributed by atoms with Crippen LogP contribution in [0.25, 0.3) is 0 Å². The molecule has 6 heteroatoms. The van der Waals surface area contributed by atoms with Gasteiger partial charge in [0.05, 0.1) is 18.2 Å². The smallest absolute Gasteiger partial charge is 0.407 e. The summed E-state index contributed by atoms with van der Waals surface area (Å²) in [6, 6.07) is 7.63. The van der Waals surface area contributed by atoms with E-state index >= 15 is 0 Å². The molecule has 1 amide bonds. The number of carbonyl (C=O) groups is 2. The zero-order valence-electron chi connectivity index (χ0n) is 11.9. The predicted octanol–water partition coefficient (Wildman–Crippen LogP) is 1.80. The number of hydrogen-bond acceptors (Lipinski definition) is 4. The summed E-state index contributed by atoms with van der Waals surface area (Å²) in [4.78, 5) is 26.4. The lowest BCUT2D eigenvalue weighted by molar-refractivity contribution is 0.0526. The second kappa shape index (κ2) is 5.27. The average molecular weight is 290 g/mol. The number of hydrogen-bond donors (Lipinski definition) is 1. The van der Waals surface area contributed by atoms with E-state index in [-0.39, 0.29) is 18.1 Å². The minimum absolute atomic E-state index is 0.0808. The SMILES string of the molecule is CCOC(=O)c1ccc(N2C[C@@H]3C[C@H]2CN3C(=O)O)cc1. The zero-order chi connectivity index (χ0) is 15.0. The summed E-state index contributed by atoms with van der Waals surface area (Å²) in [5.41, 5.74) is 1.57. The number of piperazine rings is 1. The topological polar surface area (TPSA) is 70.1 Å². The number of anilines is 1. The standard InChI is InChI=1S/C15H18N2O4/c1-2-21-14(18)10-3-5-11(6-4-10)16-8-13-7-12(16)9-17(13)15(19)20/h3-6,12-13H,2,7-9H2,1H3,(H,19,20)/t12-,13-/m0/s1. The van der Waals surface area contributed by atoms with E-state index in [2.05, 4.69) is 4.90 Å². The maximum Gasteiger partial charge on any atom is 0.407 e. The van der Waals surface area contributed by atoms with E-state index in [1.54, 1.807) is 19.1 Å². The summed E-state index contributed by atoms with van der Waals surface area (Å²) in [6.07, 6.45) is 0.0474. The molecule has 0 saturated carbocycles. The third-order valence-electron chi connectivity index (χ3n) is 4.20. The first-order chi connectivity index (χ1) is 10.1. The third-order valence-corrected chi connectivity index (χ3v) is 4.20. The van der Waals surface area contributed by atoms with Crippen LogP contribution in [0, 0.1) is 0 Å². The van der Waals surface area contributed by atoms with Gasteiger partial charge in [-0.05, 0) is 37.6 Å². The highest BCUT2D eigenvalue weighted by atomic mass is 16.5. The van der Waals surface area contributed by atoms with Crippen molar-refractivity contribution in [3.05, 3.63) is 29.8 Å². The fourth-order valence-electron chi connectivity index (χ4n) is 3.22. The van der Waals surface area contributed by atoms with Gasteiger partial charge in [-0.25, -0.2) is 9.59 Å². The molecule has 2 saturated heterocycles. The van der Waals surface area contributed by atoms with E-state index in [0.717, 1.165) is 18.7 Å². The van der Waals surface area contributed by atoms with Crippen molar-refractivity contribution in [2.45, 2.75) is 25.4 Å². The Kier molecular flexibility index (Phi) is 3.45.